The second-order valence-corrected chi connectivity index (χ2v) is 6.55. The number of hydrogen-bond donors (Lipinski definition) is 0. The van der Waals surface area contributed by atoms with Crippen molar-refractivity contribution in [3.8, 4) is 0 Å². The van der Waals surface area contributed by atoms with E-state index in [1.54, 1.807) is 0 Å². The fourth-order valence-electron chi connectivity index (χ4n) is 2.94. The van der Waals surface area contributed by atoms with Crippen LogP contribution >= 0.6 is 0 Å². The molecule has 0 saturated heterocycles. The Morgan fingerprint density at radius 1 is 0.611 bits per heavy atom. The van der Waals surface area contributed by atoms with Gasteiger partial charge in [0.15, 0.2) is 0 Å². The van der Waals surface area contributed by atoms with Crippen molar-refractivity contribution in [2.24, 2.45) is 11.8 Å². The summed E-state index contributed by atoms with van der Waals surface area (Å²) >= 11 is 0. The maximum atomic E-state index is 2.39. The number of rotatable bonds is 13. The lowest BCUT2D eigenvalue weighted by Crippen LogP contribution is -2.05. The minimum atomic E-state index is 0.886. The van der Waals surface area contributed by atoms with E-state index in [1.165, 1.54) is 77.0 Å². The molecule has 0 fully saturated rings. The molecule has 1 unspecified atom stereocenters. The fraction of sp³-hybridized carbons (Fsp3) is 1.00. The van der Waals surface area contributed by atoms with E-state index in [0.29, 0.717) is 0 Å². The van der Waals surface area contributed by atoms with Crippen LogP contribution in [0.5, 0.6) is 0 Å². The molecule has 0 heterocycles. The Morgan fingerprint density at radius 3 is 1.50 bits per heavy atom. The summed E-state index contributed by atoms with van der Waals surface area (Å²) in [5, 5.41) is 0. The standard InChI is InChI=1S/C18H38/c1-5-7-9-11-13-15-18(16-17(3)4)14-12-10-8-6-2/h17-18H,5-16H2,1-4H3. The van der Waals surface area contributed by atoms with Crippen molar-refractivity contribution >= 4 is 0 Å². The van der Waals surface area contributed by atoms with Gasteiger partial charge in [0.05, 0.1) is 0 Å². The molecule has 0 aliphatic carbocycles. The Kier molecular flexibility index (Phi) is 13.4. The normalized spacial score (nSPS) is 13.2. The van der Waals surface area contributed by atoms with Gasteiger partial charge in [0, 0.05) is 0 Å². The molecule has 110 valence electrons. The first-order valence-corrected chi connectivity index (χ1v) is 8.70. The molecule has 0 bridgehead atoms. The van der Waals surface area contributed by atoms with Gasteiger partial charge in [0.2, 0.25) is 0 Å². The van der Waals surface area contributed by atoms with E-state index in [1.807, 2.05) is 0 Å². The lowest BCUT2D eigenvalue weighted by molar-refractivity contribution is 0.339. The van der Waals surface area contributed by atoms with Crippen molar-refractivity contribution < 1.29 is 0 Å². The zero-order valence-electron chi connectivity index (χ0n) is 13.6. The second-order valence-electron chi connectivity index (χ2n) is 6.55. The quantitative estimate of drug-likeness (QED) is 0.311. The second kappa shape index (κ2) is 13.4. The zero-order valence-corrected chi connectivity index (χ0v) is 13.6. The highest BCUT2D eigenvalue weighted by Gasteiger charge is 2.10. The molecule has 0 radical (unpaired) electrons. The van der Waals surface area contributed by atoms with Gasteiger partial charge >= 0.3 is 0 Å². The predicted molar refractivity (Wildman–Crippen MR) is 85.1 cm³/mol. The Labute approximate surface area is 117 Å². The predicted octanol–water partition coefficient (Wildman–Crippen LogP) is 6.98. The summed E-state index contributed by atoms with van der Waals surface area (Å²) in [6, 6.07) is 0. The van der Waals surface area contributed by atoms with Gasteiger partial charge in [-0.15, -0.1) is 0 Å². The molecule has 0 nitrogen and oxygen atoms in total. The van der Waals surface area contributed by atoms with E-state index in [4.69, 9.17) is 0 Å². The average molecular weight is 255 g/mol. The third-order valence-electron chi connectivity index (χ3n) is 3.99. The third-order valence-corrected chi connectivity index (χ3v) is 3.99. The maximum absolute atomic E-state index is 2.39. The van der Waals surface area contributed by atoms with Crippen LogP contribution in [-0.4, -0.2) is 0 Å². The van der Waals surface area contributed by atoms with Gasteiger partial charge in [-0.25, -0.2) is 0 Å². The van der Waals surface area contributed by atoms with E-state index in [0.717, 1.165) is 11.8 Å². The van der Waals surface area contributed by atoms with Crippen LogP contribution in [0.4, 0.5) is 0 Å². The van der Waals surface area contributed by atoms with E-state index < -0.39 is 0 Å². The van der Waals surface area contributed by atoms with Crippen molar-refractivity contribution in [1.29, 1.82) is 0 Å². The average Bonchev–Trinajstić information content (AvgIpc) is 2.33. The van der Waals surface area contributed by atoms with Crippen LogP contribution in [-0.2, 0) is 0 Å². The number of unbranched alkanes of at least 4 members (excludes halogenated alkanes) is 7. The van der Waals surface area contributed by atoms with Gasteiger partial charge in [-0.1, -0.05) is 98.3 Å². The van der Waals surface area contributed by atoms with Crippen LogP contribution in [0.25, 0.3) is 0 Å². The zero-order chi connectivity index (χ0) is 13.6. The van der Waals surface area contributed by atoms with Crippen LogP contribution in [0.3, 0.4) is 0 Å². The summed E-state index contributed by atoms with van der Waals surface area (Å²) in [5.41, 5.74) is 0. The van der Waals surface area contributed by atoms with Gasteiger partial charge in [0.1, 0.15) is 0 Å². The number of hydrogen-bond acceptors (Lipinski definition) is 0. The molecule has 0 aromatic carbocycles. The van der Waals surface area contributed by atoms with E-state index in [9.17, 15) is 0 Å². The molecule has 0 heteroatoms. The van der Waals surface area contributed by atoms with Crippen LogP contribution < -0.4 is 0 Å². The Morgan fingerprint density at radius 2 is 1.06 bits per heavy atom. The van der Waals surface area contributed by atoms with Gasteiger partial charge < -0.3 is 0 Å². The maximum Gasteiger partial charge on any atom is -0.0412 e. The topological polar surface area (TPSA) is 0 Å². The molecule has 0 aliphatic rings. The lowest BCUT2D eigenvalue weighted by Gasteiger charge is -2.19. The van der Waals surface area contributed by atoms with Crippen molar-refractivity contribution in [2.75, 3.05) is 0 Å². The van der Waals surface area contributed by atoms with Crippen LogP contribution in [0.15, 0.2) is 0 Å². The molecule has 18 heavy (non-hydrogen) atoms. The van der Waals surface area contributed by atoms with Gasteiger partial charge in [-0.3, -0.25) is 0 Å². The van der Waals surface area contributed by atoms with E-state index >= 15 is 0 Å². The van der Waals surface area contributed by atoms with Crippen LogP contribution in [0.2, 0.25) is 0 Å². The highest BCUT2D eigenvalue weighted by Crippen LogP contribution is 2.24. The summed E-state index contributed by atoms with van der Waals surface area (Å²) < 4.78 is 0. The molecule has 0 aromatic heterocycles. The SMILES string of the molecule is CCCCCCCC(CCCCCC)CC(C)C. The van der Waals surface area contributed by atoms with Crippen molar-refractivity contribution in [2.45, 2.75) is 105 Å². The molecule has 0 rings (SSSR count). The Hall–Kier alpha value is 0. The van der Waals surface area contributed by atoms with Crippen LogP contribution in [0.1, 0.15) is 105 Å². The van der Waals surface area contributed by atoms with E-state index in [2.05, 4.69) is 27.7 Å². The summed E-state index contributed by atoms with van der Waals surface area (Å²) in [5.74, 6) is 1.90. The minimum Gasteiger partial charge on any atom is -0.0654 e. The molecule has 0 aromatic rings. The lowest BCUT2D eigenvalue weighted by atomic mass is 9.87. The first kappa shape index (κ1) is 18.0. The smallest absolute Gasteiger partial charge is 0.0412 e. The highest BCUT2D eigenvalue weighted by atomic mass is 14.2. The first-order valence-electron chi connectivity index (χ1n) is 8.70. The molecular formula is C18H38. The first-order chi connectivity index (χ1) is 8.70. The van der Waals surface area contributed by atoms with Crippen molar-refractivity contribution in [3.63, 3.8) is 0 Å². The molecule has 0 amide bonds. The summed E-state index contributed by atoms with van der Waals surface area (Å²) in [4.78, 5) is 0. The van der Waals surface area contributed by atoms with Crippen molar-refractivity contribution in [3.05, 3.63) is 0 Å². The minimum absolute atomic E-state index is 0.886. The van der Waals surface area contributed by atoms with Gasteiger partial charge in [-0.05, 0) is 18.3 Å². The molecule has 1 atom stereocenters. The fourth-order valence-corrected chi connectivity index (χ4v) is 2.94. The van der Waals surface area contributed by atoms with Gasteiger partial charge in [-0.2, -0.15) is 0 Å². The Balaban J connectivity index is 3.63. The highest BCUT2D eigenvalue weighted by molar-refractivity contribution is 4.63. The third kappa shape index (κ3) is 12.5. The molecule has 0 saturated carbocycles. The van der Waals surface area contributed by atoms with Gasteiger partial charge in [0.25, 0.3) is 0 Å². The summed E-state index contributed by atoms with van der Waals surface area (Å²) in [7, 11) is 0. The largest absolute Gasteiger partial charge is 0.0654 e. The molecular weight excluding hydrogens is 216 g/mol. The molecule has 0 spiro atoms. The van der Waals surface area contributed by atoms with Crippen molar-refractivity contribution in [1.82, 2.24) is 0 Å². The summed E-state index contributed by atoms with van der Waals surface area (Å²) in [6.45, 7) is 9.38. The molecule has 0 aliphatic heterocycles. The Bertz CT molecular complexity index is 148. The molecule has 0 N–H and O–H groups in total. The van der Waals surface area contributed by atoms with E-state index in [-0.39, 0.29) is 0 Å². The van der Waals surface area contributed by atoms with Crippen LogP contribution in [0, 0.1) is 11.8 Å². The monoisotopic (exact) mass is 254 g/mol. The summed E-state index contributed by atoms with van der Waals surface area (Å²) in [6.07, 6.45) is 17.4.